The molecule has 1 fully saturated rings. The summed E-state index contributed by atoms with van der Waals surface area (Å²) in [4.78, 5) is 25.0. The van der Waals surface area contributed by atoms with Crippen molar-refractivity contribution >= 4 is 12.0 Å². The van der Waals surface area contributed by atoms with E-state index in [-0.39, 0.29) is 12.6 Å². The second-order valence-electron chi connectivity index (χ2n) is 5.26. The van der Waals surface area contributed by atoms with Crippen LogP contribution in [0.2, 0.25) is 0 Å². The van der Waals surface area contributed by atoms with Gasteiger partial charge in [0.2, 0.25) is 0 Å². The number of piperidine rings is 1. The largest absolute Gasteiger partial charge is 0.481 e. The highest BCUT2D eigenvalue weighted by atomic mass is 16.4. The summed E-state index contributed by atoms with van der Waals surface area (Å²) in [5.74, 6) is -1.33. The van der Waals surface area contributed by atoms with Crippen molar-refractivity contribution in [1.82, 2.24) is 10.2 Å². The van der Waals surface area contributed by atoms with Crippen LogP contribution in [0.25, 0.3) is 0 Å². The van der Waals surface area contributed by atoms with Crippen LogP contribution >= 0.6 is 0 Å². The lowest BCUT2D eigenvalue weighted by molar-refractivity contribution is -0.141. The molecular formula is C14H26N2O3. The first kappa shape index (κ1) is 15.8. The van der Waals surface area contributed by atoms with Gasteiger partial charge in [0.05, 0.1) is 5.92 Å². The van der Waals surface area contributed by atoms with Crippen LogP contribution < -0.4 is 5.32 Å². The van der Waals surface area contributed by atoms with Gasteiger partial charge in [0.25, 0.3) is 0 Å². The highest BCUT2D eigenvalue weighted by Gasteiger charge is 2.26. The normalized spacial score (nSPS) is 20.9. The van der Waals surface area contributed by atoms with E-state index in [1.807, 2.05) is 11.8 Å². The molecule has 1 aliphatic rings. The Morgan fingerprint density at radius 1 is 1.37 bits per heavy atom. The Labute approximate surface area is 115 Å². The van der Waals surface area contributed by atoms with E-state index in [1.54, 1.807) is 0 Å². The summed E-state index contributed by atoms with van der Waals surface area (Å²) in [5.41, 5.74) is 0. The van der Waals surface area contributed by atoms with E-state index in [9.17, 15) is 9.59 Å². The highest BCUT2D eigenvalue weighted by molar-refractivity contribution is 5.76. The van der Waals surface area contributed by atoms with E-state index in [0.717, 1.165) is 32.2 Å². The average molecular weight is 270 g/mol. The third-order valence-corrected chi connectivity index (χ3v) is 3.85. The number of nitrogens with one attached hydrogen (secondary N) is 1. The Morgan fingerprint density at radius 2 is 2.11 bits per heavy atom. The molecule has 2 atom stereocenters. The van der Waals surface area contributed by atoms with Crippen molar-refractivity contribution in [3.8, 4) is 0 Å². The van der Waals surface area contributed by atoms with Crippen molar-refractivity contribution < 1.29 is 14.7 Å². The van der Waals surface area contributed by atoms with E-state index in [0.29, 0.717) is 12.5 Å². The standard InChI is InChI=1S/C14H26N2O3/c1-3-7-12-8-5-6-9-16(12)14(19)15-10-11(4-2)13(17)18/h11-12H,3-10H2,1-2H3,(H,15,19)(H,17,18). The first-order valence-electron chi connectivity index (χ1n) is 7.37. The summed E-state index contributed by atoms with van der Waals surface area (Å²) in [6.07, 6.45) is 5.93. The first-order valence-corrected chi connectivity index (χ1v) is 7.37. The van der Waals surface area contributed by atoms with Crippen molar-refractivity contribution in [2.24, 2.45) is 5.92 Å². The Balaban J connectivity index is 2.48. The van der Waals surface area contributed by atoms with Crippen LogP contribution in [0.5, 0.6) is 0 Å². The molecule has 0 aromatic rings. The molecule has 2 unspecified atom stereocenters. The van der Waals surface area contributed by atoms with Crippen LogP contribution in [0, 0.1) is 5.92 Å². The fourth-order valence-corrected chi connectivity index (χ4v) is 2.62. The minimum Gasteiger partial charge on any atom is -0.481 e. The van der Waals surface area contributed by atoms with Crippen LogP contribution in [0.1, 0.15) is 52.4 Å². The van der Waals surface area contributed by atoms with E-state index in [1.165, 1.54) is 6.42 Å². The molecule has 2 amide bonds. The molecule has 0 spiro atoms. The fourth-order valence-electron chi connectivity index (χ4n) is 2.62. The number of nitrogens with zero attached hydrogens (tertiary/aromatic N) is 1. The number of hydrogen-bond acceptors (Lipinski definition) is 2. The molecule has 110 valence electrons. The number of carboxylic acid groups (broad SMARTS) is 1. The second kappa shape index (κ2) is 8.02. The maximum atomic E-state index is 12.1. The van der Waals surface area contributed by atoms with Gasteiger partial charge in [-0.05, 0) is 32.1 Å². The predicted molar refractivity (Wildman–Crippen MR) is 74.1 cm³/mol. The van der Waals surface area contributed by atoms with Crippen LogP contribution in [0.15, 0.2) is 0 Å². The molecule has 0 saturated carbocycles. The zero-order chi connectivity index (χ0) is 14.3. The highest BCUT2D eigenvalue weighted by Crippen LogP contribution is 2.20. The number of rotatable bonds is 6. The van der Waals surface area contributed by atoms with Gasteiger partial charge >= 0.3 is 12.0 Å². The monoisotopic (exact) mass is 270 g/mol. The minimum absolute atomic E-state index is 0.0992. The number of amides is 2. The van der Waals surface area contributed by atoms with Crippen molar-refractivity contribution in [1.29, 1.82) is 0 Å². The Hall–Kier alpha value is -1.26. The average Bonchev–Trinajstić information content (AvgIpc) is 2.40. The third kappa shape index (κ3) is 4.73. The van der Waals surface area contributed by atoms with Gasteiger partial charge < -0.3 is 15.3 Å². The van der Waals surface area contributed by atoms with E-state index in [4.69, 9.17) is 5.11 Å². The lowest BCUT2D eigenvalue weighted by atomic mass is 9.98. The molecule has 5 nitrogen and oxygen atoms in total. The Kier molecular flexibility index (Phi) is 6.67. The van der Waals surface area contributed by atoms with Crippen LogP contribution in [-0.2, 0) is 4.79 Å². The Bertz CT molecular complexity index is 305. The van der Waals surface area contributed by atoms with Crippen LogP contribution in [0.4, 0.5) is 4.79 Å². The van der Waals surface area contributed by atoms with Crippen molar-refractivity contribution in [2.45, 2.75) is 58.4 Å². The van der Waals surface area contributed by atoms with Gasteiger partial charge in [-0.15, -0.1) is 0 Å². The molecule has 0 bridgehead atoms. The quantitative estimate of drug-likeness (QED) is 0.779. The molecule has 1 saturated heterocycles. The van der Waals surface area contributed by atoms with E-state index < -0.39 is 11.9 Å². The molecule has 1 heterocycles. The maximum Gasteiger partial charge on any atom is 0.317 e. The van der Waals surface area contributed by atoms with Gasteiger partial charge in [-0.2, -0.15) is 0 Å². The molecule has 0 aromatic heterocycles. The van der Waals surface area contributed by atoms with Crippen molar-refractivity contribution in [2.75, 3.05) is 13.1 Å². The molecule has 19 heavy (non-hydrogen) atoms. The number of carbonyl (C=O) groups is 2. The van der Waals surface area contributed by atoms with E-state index >= 15 is 0 Å². The van der Waals surface area contributed by atoms with Crippen molar-refractivity contribution in [3.63, 3.8) is 0 Å². The van der Waals surface area contributed by atoms with Crippen LogP contribution in [0.3, 0.4) is 0 Å². The number of aliphatic carboxylic acids is 1. The summed E-state index contributed by atoms with van der Waals surface area (Å²) < 4.78 is 0. The number of carbonyl (C=O) groups excluding carboxylic acids is 1. The van der Waals surface area contributed by atoms with Gasteiger partial charge in [0.15, 0.2) is 0 Å². The van der Waals surface area contributed by atoms with Crippen molar-refractivity contribution in [3.05, 3.63) is 0 Å². The third-order valence-electron chi connectivity index (χ3n) is 3.85. The van der Waals surface area contributed by atoms with Gasteiger partial charge in [-0.1, -0.05) is 20.3 Å². The zero-order valence-corrected chi connectivity index (χ0v) is 12.0. The zero-order valence-electron chi connectivity index (χ0n) is 12.0. The molecule has 0 aromatic carbocycles. The number of hydrogen-bond donors (Lipinski definition) is 2. The topological polar surface area (TPSA) is 69.6 Å². The van der Waals surface area contributed by atoms with E-state index in [2.05, 4.69) is 12.2 Å². The summed E-state index contributed by atoms with van der Waals surface area (Å²) in [5, 5.41) is 11.7. The molecule has 2 N–H and O–H groups in total. The summed E-state index contributed by atoms with van der Waals surface area (Å²) in [7, 11) is 0. The SMILES string of the molecule is CCCC1CCCCN1C(=O)NCC(CC)C(=O)O. The lowest BCUT2D eigenvalue weighted by Crippen LogP contribution is -2.49. The number of likely N-dealkylation sites (tertiary alicyclic amines) is 1. The second-order valence-corrected chi connectivity index (χ2v) is 5.26. The molecule has 5 heteroatoms. The van der Waals surface area contributed by atoms with Gasteiger partial charge in [0.1, 0.15) is 0 Å². The van der Waals surface area contributed by atoms with Gasteiger partial charge in [-0.25, -0.2) is 4.79 Å². The molecule has 0 aliphatic carbocycles. The van der Waals surface area contributed by atoms with Crippen LogP contribution in [-0.4, -0.2) is 41.1 Å². The Morgan fingerprint density at radius 3 is 2.68 bits per heavy atom. The number of carboxylic acids is 1. The molecule has 1 aliphatic heterocycles. The number of urea groups is 1. The maximum absolute atomic E-state index is 12.1. The summed E-state index contributed by atoms with van der Waals surface area (Å²) in [6.45, 7) is 4.97. The smallest absolute Gasteiger partial charge is 0.317 e. The van der Waals surface area contributed by atoms with Gasteiger partial charge in [-0.3, -0.25) is 4.79 Å². The summed E-state index contributed by atoms with van der Waals surface area (Å²) in [6, 6.07) is 0.224. The first-order chi connectivity index (χ1) is 9.10. The molecule has 1 rings (SSSR count). The van der Waals surface area contributed by atoms with Gasteiger partial charge in [0, 0.05) is 19.1 Å². The predicted octanol–water partition coefficient (Wildman–Crippen LogP) is 2.46. The fraction of sp³-hybridized carbons (Fsp3) is 0.857. The molecule has 0 radical (unpaired) electrons. The summed E-state index contributed by atoms with van der Waals surface area (Å²) >= 11 is 0. The lowest BCUT2D eigenvalue weighted by Gasteiger charge is -2.36. The molecular weight excluding hydrogens is 244 g/mol. The minimum atomic E-state index is -0.841.